The molecule has 0 atom stereocenters. The Hall–Kier alpha value is -7.42. The van der Waals surface area contributed by atoms with E-state index in [0.29, 0.717) is 0 Å². The predicted octanol–water partition coefficient (Wildman–Crippen LogP) is 16.7. The van der Waals surface area contributed by atoms with Gasteiger partial charge in [0.15, 0.2) is 0 Å². The topological polar surface area (TPSA) is 16.4 Å². The van der Waals surface area contributed by atoms with Gasteiger partial charge in [0.25, 0.3) is 0 Å². The molecule has 0 N–H and O–H groups in total. The molecule has 0 radical (unpaired) electrons. The van der Waals surface area contributed by atoms with Gasteiger partial charge in [0.1, 0.15) is 11.2 Å². The third-order valence-electron chi connectivity index (χ3n) is 13.9. The lowest BCUT2D eigenvalue weighted by molar-refractivity contribution is 0.660. The number of furan rings is 1. The summed E-state index contributed by atoms with van der Waals surface area (Å²) in [6, 6.07) is 73.6. The highest BCUT2D eigenvalue weighted by atomic mass is 16.3. The SMILES string of the molecule is CC1(C)c2ccc(-c3cccc(N(c4ccc(-c5cccc6oc7ccccc7c56)cc4)c4cccc5c4C(C)(C)c4ccccc4-5)c3)cc2-c2ccc(-c3ccccc3)cc21. The summed E-state index contributed by atoms with van der Waals surface area (Å²) in [5.41, 5.74) is 22.9. The second kappa shape index (κ2) is 13.5. The zero-order chi connectivity index (χ0) is 41.7. The molecule has 0 bridgehead atoms. The summed E-state index contributed by atoms with van der Waals surface area (Å²) in [5.74, 6) is 0. The van der Waals surface area contributed by atoms with Crippen molar-refractivity contribution in [3.05, 3.63) is 222 Å². The third-order valence-corrected chi connectivity index (χ3v) is 13.9. The van der Waals surface area contributed by atoms with Crippen LogP contribution in [0.15, 0.2) is 205 Å². The van der Waals surface area contributed by atoms with Crippen molar-refractivity contribution < 1.29 is 4.42 Å². The summed E-state index contributed by atoms with van der Waals surface area (Å²) in [5, 5.41) is 2.29. The van der Waals surface area contributed by atoms with Crippen molar-refractivity contribution in [2.45, 2.75) is 38.5 Å². The molecule has 0 saturated carbocycles. The molecule has 2 nitrogen and oxygen atoms in total. The van der Waals surface area contributed by atoms with Crippen LogP contribution in [0, 0.1) is 0 Å². The van der Waals surface area contributed by atoms with Crippen molar-refractivity contribution in [3.8, 4) is 55.6 Å². The minimum absolute atomic E-state index is 0.104. The lowest BCUT2D eigenvalue weighted by atomic mass is 9.81. The first kappa shape index (κ1) is 36.4. The van der Waals surface area contributed by atoms with Crippen LogP contribution in [-0.2, 0) is 10.8 Å². The molecule has 9 aromatic carbocycles. The van der Waals surface area contributed by atoms with Crippen LogP contribution in [0.1, 0.15) is 49.9 Å². The van der Waals surface area contributed by atoms with E-state index in [-0.39, 0.29) is 10.8 Å². The van der Waals surface area contributed by atoms with E-state index in [1.165, 1.54) is 78.0 Å². The highest BCUT2D eigenvalue weighted by Crippen LogP contribution is 2.55. The van der Waals surface area contributed by atoms with E-state index in [1.54, 1.807) is 0 Å². The van der Waals surface area contributed by atoms with Crippen molar-refractivity contribution in [2.24, 2.45) is 0 Å². The van der Waals surface area contributed by atoms with Crippen molar-refractivity contribution in [3.63, 3.8) is 0 Å². The monoisotopic (exact) mass is 795 g/mol. The van der Waals surface area contributed by atoms with Gasteiger partial charge < -0.3 is 9.32 Å². The van der Waals surface area contributed by atoms with Gasteiger partial charge in [-0.3, -0.25) is 0 Å². The van der Waals surface area contributed by atoms with Crippen molar-refractivity contribution in [1.82, 2.24) is 0 Å². The Morgan fingerprint density at radius 3 is 1.84 bits per heavy atom. The molecule has 0 spiro atoms. The molecule has 12 rings (SSSR count). The summed E-state index contributed by atoms with van der Waals surface area (Å²) in [6.45, 7) is 9.49. The minimum atomic E-state index is -0.198. The zero-order valence-corrected chi connectivity index (χ0v) is 35.4. The summed E-state index contributed by atoms with van der Waals surface area (Å²) < 4.78 is 6.29. The van der Waals surface area contributed by atoms with Gasteiger partial charge in [-0.2, -0.15) is 0 Å². The van der Waals surface area contributed by atoms with Crippen LogP contribution in [0.2, 0.25) is 0 Å². The number of rotatable bonds is 6. The van der Waals surface area contributed by atoms with E-state index in [0.717, 1.165) is 38.9 Å². The molecule has 0 saturated heterocycles. The van der Waals surface area contributed by atoms with Crippen LogP contribution in [0.5, 0.6) is 0 Å². The van der Waals surface area contributed by atoms with Gasteiger partial charge in [0.05, 0.1) is 5.69 Å². The molecule has 2 aliphatic rings. The van der Waals surface area contributed by atoms with Crippen molar-refractivity contribution in [1.29, 1.82) is 0 Å². The van der Waals surface area contributed by atoms with Gasteiger partial charge in [-0.15, -0.1) is 0 Å². The maximum absolute atomic E-state index is 6.29. The fourth-order valence-electron chi connectivity index (χ4n) is 10.8. The molecule has 0 amide bonds. The Labute approximate surface area is 363 Å². The number of hydrogen-bond acceptors (Lipinski definition) is 2. The molecule has 1 heterocycles. The Balaban J connectivity index is 0.995. The predicted molar refractivity (Wildman–Crippen MR) is 260 cm³/mol. The molecule has 10 aromatic rings. The molecular weight excluding hydrogens is 751 g/mol. The fourth-order valence-corrected chi connectivity index (χ4v) is 10.8. The first-order valence-corrected chi connectivity index (χ1v) is 21.8. The van der Waals surface area contributed by atoms with Crippen molar-refractivity contribution in [2.75, 3.05) is 4.90 Å². The van der Waals surface area contributed by atoms with Crippen LogP contribution >= 0.6 is 0 Å². The van der Waals surface area contributed by atoms with Gasteiger partial charge in [0, 0.05) is 33.0 Å². The normalized spacial score (nSPS) is 14.1. The number of fused-ring (bicyclic) bond motifs is 9. The summed E-state index contributed by atoms with van der Waals surface area (Å²) >= 11 is 0. The largest absolute Gasteiger partial charge is 0.456 e. The molecule has 2 aliphatic carbocycles. The number of anilines is 3. The molecule has 62 heavy (non-hydrogen) atoms. The number of para-hydroxylation sites is 1. The van der Waals surface area contributed by atoms with E-state index >= 15 is 0 Å². The fraction of sp³-hybridized carbons (Fsp3) is 0.100. The number of benzene rings is 9. The van der Waals surface area contributed by atoms with Crippen LogP contribution in [-0.4, -0.2) is 0 Å². The summed E-state index contributed by atoms with van der Waals surface area (Å²) in [6.07, 6.45) is 0. The molecular formula is C60H45NO. The van der Waals surface area contributed by atoms with Gasteiger partial charge in [-0.1, -0.05) is 173 Å². The van der Waals surface area contributed by atoms with E-state index < -0.39 is 0 Å². The number of nitrogens with zero attached hydrogens (tertiary/aromatic N) is 1. The Kier molecular flexibility index (Phi) is 7.96. The lowest BCUT2D eigenvalue weighted by Crippen LogP contribution is -2.20. The minimum Gasteiger partial charge on any atom is -0.456 e. The van der Waals surface area contributed by atoms with Gasteiger partial charge in [-0.25, -0.2) is 0 Å². The zero-order valence-electron chi connectivity index (χ0n) is 35.4. The maximum atomic E-state index is 6.29. The van der Waals surface area contributed by atoms with Crippen LogP contribution in [0.4, 0.5) is 17.1 Å². The van der Waals surface area contributed by atoms with E-state index in [4.69, 9.17) is 4.42 Å². The second-order valence-electron chi connectivity index (χ2n) is 18.1. The smallest absolute Gasteiger partial charge is 0.136 e. The van der Waals surface area contributed by atoms with E-state index in [9.17, 15) is 0 Å². The molecule has 2 heteroatoms. The Morgan fingerprint density at radius 1 is 0.355 bits per heavy atom. The third kappa shape index (κ3) is 5.43. The number of hydrogen-bond donors (Lipinski definition) is 0. The first-order valence-electron chi connectivity index (χ1n) is 21.8. The highest BCUT2D eigenvalue weighted by molar-refractivity contribution is 6.12. The molecule has 0 fully saturated rings. The Bertz CT molecular complexity index is 3400. The van der Waals surface area contributed by atoms with Crippen molar-refractivity contribution >= 4 is 39.0 Å². The quantitative estimate of drug-likeness (QED) is 0.167. The average molecular weight is 796 g/mol. The maximum Gasteiger partial charge on any atom is 0.136 e. The second-order valence-corrected chi connectivity index (χ2v) is 18.1. The lowest BCUT2D eigenvalue weighted by Gasteiger charge is -2.32. The standard InChI is InChI=1S/C60H45NO/c1-59(2)52-34-30-41(36-50(52)47-33-29-42(37-53(47)59)38-15-6-5-7-16-38)40-17-12-18-44(35-40)61(54-24-13-22-48-46-19-8-10-23-51(46)60(3,4)58(48)54)43-31-27-39(28-32-43)45-21-14-26-56-57(45)49-20-9-11-25-55(49)62-56/h5-37H,1-4H3. The molecule has 296 valence electrons. The summed E-state index contributed by atoms with van der Waals surface area (Å²) in [7, 11) is 0. The van der Waals surface area contributed by atoms with Crippen LogP contribution in [0.3, 0.4) is 0 Å². The Morgan fingerprint density at radius 2 is 0.968 bits per heavy atom. The van der Waals surface area contributed by atoms with E-state index in [1.807, 2.05) is 6.07 Å². The van der Waals surface area contributed by atoms with Gasteiger partial charge in [0.2, 0.25) is 0 Å². The first-order chi connectivity index (χ1) is 30.3. The average Bonchev–Trinajstić information content (AvgIpc) is 3.89. The van der Waals surface area contributed by atoms with E-state index in [2.05, 4.69) is 227 Å². The van der Waals surface area contributed by atoms with Crippen LogP contribution in [0.25, 0.3) is 77.6 Å². The van der Waals surface area contributed by atoms with Gasteiger partial charge in [-0.05, 0) is 132 Å². The van der Waals surface area contributed by atoms with Crippen LogP contribution < -0.4 is 4.90 Å². The molecule has 1 aromatic heterocycles. The summed E-state index contributed by atoms with van der Waals surface area (Å²) in [4.78, 5) is 2.48. The van der Waals surface area contributed by atoms with Gasteiger partial charge >= 0.3 is 0 Å². The molecule has 0 unspecified atom stereocenters. The molecule has 0 aliphatic heterocycles. The highest BCUT2D eigenvalue weighted by Gasteiger charge is 2.39.